The lowest BCUT2D eigenvalue weighted by Crippen LogP contribution is -2.28. The average molecular weight is 296 g/mol. The van der Waals surface area contributed by atoms with E-state index < -0.39 is 10.0 Å². The summed E-state index contributed by atoms with van der Waals surface area (Å²) in [6.45, 7) is 9.06. The molecule has 0 heterocycles. The van der Waals surface area contributed by atoms with Crippen molar-refractivity contribution >= 4 is 10.0 Å². The lowest BCUT2D eigenvalue weighted by Gasteiger charge is -2.10. The molecule has 1 aliphatic carbocycles. The highest BCUT2D eigenvalue weighted by Gasteiger charge is 2.47. The van der Waals surface area contributed by atoms with Crippen molar-refractivity contribution < 1.29 is 8.42 Å². The molecule has 1 aromatic carbocycles. The van der Waals surface area contributed by atoms with Gasteiger partial charge < -0.3 is 5.32 Å². The number of hydrogen-bond acceptors (Lipinski definition) is 3. The standard InChI is InChI=1S/C15H24N2O2S/c1-11(2)16-10-12-5-7-13(8-6-12)20(18,19)17-14-9-15(14,3)4/h5-8,11,14,16-17H,9-10H2,1-4H3. The van der Waals surface area contributed by atoms with E-state index in [1.54, 1.807) is 12.1 Å². The molecule has 0 aliphatic heterocycles. The van der Waals surface area contributed by atoms with Crippen molar-refractivity contribution in [3.63, 3.8) is 0 Å². The Morgan fingerprint density at radius 3 is 2.25 bits per heavy atom. The highest BCUT2D eigenvalue weighted by Crippen LogP contribution is 2.45. The summed E-state index contributed by atoms with van der Waals surface area (Å²) in [6.07, 6.45) is 0.905. The number of nitrogens with one attached hydrogen (secondary N) is 2. The minimum atomic E-state index is -3.39. The van der Waals surface area contributed by atoms with Crippen LogP contribution in [0.25, 0.3) is 0 Å². The summed E-state index contributed by atoms with van der Waals surface area (Å²) in [4.78, 5) is 0.341. The van der Waals surface area contributed by atoms with E-state index >= 15 is 0 Å². The molecule has 1 saturated carbocycles. The molecule has 1 fully saturated rings. The Morgan fingerprint density at radius 2 is 1.80 bits per heavy atom. The lowest BCUT2D eigenvalue weighted by atomic mass is 10.2. The van der Waals surface area contributed by atoms with Crippen LogP contribution < -0.4 is 10.0 Å². The Bertz CT molecular complexity index is 562. The maximum absolute atomic E-state index is 12.2. The fourth-order valence-electron chi connectivity index (χ4n) is 2.03. The van der Waals surface area contributed by atoms with Crippen molar-refractivity contribution in [1.82, 2.24) is 10.0 Å². The zero-order valence-electron chi connectivity index (χ0n) is 12.6. The highest BCUT2D eigenvalue weighted by atomic mass is 32.2. The third-order valence-electron chi connectivity index (χ3n) is 3.76. The maximum atomic E-state index is 12.2. The largest absolute Gasteiger partial charge is 0.310 e. The molecule has 0 bridgehead atoms. The molecular formula is C15H24N2O2S. The minimum absolute atomic E-state index is 0.0646. The van der Waals surface area contributed by atoms with E-state index in [2.05, 4.69) is 37.7 Å². The molecule has 1 unspecified atom stereocenters. The summed E-state index contributed by atoms with van der Waals surface area (Å²) in [5.74, 6) is 0. The van der Waals surface area contributed by atoms with E-state index in [4.69, 9.17) is 0 Å². The molecule has 1 aliphatic rings. The van der Waals surface area contributed by atoms with Gasteiger partial charge in [0.25, 0.3) is 0 Å². The normalized spacial score (nSPS) is 21.1. The first-order chi connectivity index (χ1) is 9.21. The Morgan fingerprint density at radius 1 is 1.25 bits per heavy atom. The zero-order chi connectivity index (χ0) is 15.0. The van der Waals surface area contributed by atoms with E-state index in [0.29, 0.717) is 10.9 Å². The smallest absolute Gasteiger partial charge is 0.240 e. The second-order valence-electron chi connectivity index (χ2n) is 6.55. The fraction of sp³-hybridized carbons (Fsp3) is 0.600. The molecule has 0 saturated heterocycles. The van der Waals surface area contributed by atoms with Gasteiger partial charge in [-0.05, 0) is 29.5 Å². The molecule has 0 spiro atoms. The third-order valence-corrected chi connectivity index (χ3v) is 5.25. The van der Waals surface area contributed by atoms with E-state index in [1.807, 2.05) is 12.1 Å². The van der Waals surface area contributed by atoms with Crippen LogP contribution in [0.5, 0.6) is 0 Å². The van der Waals surface area contributed by atoms with Crippen molar-refractivity contribution in [2.45, 2.75) is 57.6 Å². The SMILES string of the molecule is CC(C)NCc1ccc(S(=O)(=O)NC2CC2(C)C)cc1. The second kappa shape index (κ2) is 5.47. The first-order valence-electron chi connectivity index (χ1n) is 7.05. The Labute approximate surface area is 122 Å². The van der Waals surface area contributed by atoms with Gasteiger partial charge in [-0.15, -0.1) is 0 Å². The summed E-state index contributed by atoms with van der Waals surface area (Å²) in [6, 6.07) is 7.56. The highest BCUT2D eigenvalue weighted by molar-refractivity contribution is 7.89. The van der Waals surface area contributed by atoms with Crippen LogP contribution >= 0.6 is 0 Å². The number of hydrogen-bond donors (Lipinski definition) is 2. The summed E-state index contributed by atoms with van der Waals surface area (Å²) in [5, 5.41) is 3.31. The Hall–Kier alpha value is -0.910. The van der Waals surface area contributed by atoms with Gasteiger partial charge in [0.1, 0.15) is 0 Å². The van der Waals surface area contributed by atoms with Crippen LogP contribution in [0.2, 0.25) is 0 Å². The van der Waals surface area contributed by atoms with Gasteiger partial charge in [0.15, 0.2) is 0 Å². The van der Waals surface area contributed by atoms with Crippen LogP contribution in [0, 0.1) is 5.41 Å². The molecular weight excluding hydrogens is 272 g/mol. The van der Waals surface area contributed by atoms with Gasteiger partial charge in [-0.3, -0.25) is 0 Å². The topological polar surface area (TPSA) is 58.2 Å². The van der Waals surface area contributed by atoms with Crippen molar-refractivity contribution in [3.8, 4) is 0 Å². The molecule has 2 rings (SSSR count). The number of rotatable bonds is 6. The third kappa shape index (κ3) is 3.81. The summed E-state index contributed by atoms with van der Waals surface area (Å²) < 4.78 is 27.2. The zero-order valence-corrected chi connectivity index (χ0v) is 13.4. The van der Waals surface area contributed by atoms with Gasteiger partial charge in [0.2, 0.25) is 10.0 Å². The van der Waals surface area contributed by atoms with E-state index in [1.165, 1.54) is 0 Å². The fourth-order valence-corrected chi connectivity index (χ4v) is 3.44. The monoisotopic (exact) mass is 296 g/mol. The molecule has 1 atom stereocenters. The van der Waals surface area contributed by atoms with Crippen LogP contribution in [0.1, 0.15) is 39.7 Å². The van der Waals surface area contributed by atoms with Crippen molar-refractivity contribution in [2.24, 2.45) is 5.41 Å². The van der Waals surface area contributed by atoms with Crippen LogP contribution in [-0.2, 0) is 16.6 Å². The van der Waals surface area contributed by atoms with Crippen LogP contribution in [0.3, 0.4) is 0 Å². The molecule has 112 valence electrons. The predicted molar refractivity (Wildman–Crippen MR) is 80.9 cm³/mol. The summed E-state index contributed by atoms with van der Waals surface area (Å²) in [7, 11) is -3.39. The summed E-state index contributed by atoms with van der Waals surface area (Å²) >= 11 is 0. The second-order valence-corrected chi connectivity index (χ2v) is 8.26. The van der Waals surface area contributed by atoms with Gasteiger partial charge in [-0.25, -0.2) is 13.1 Å². The first kappa shape index (κ1) is 15.5. The number of sulfonamides is 1. The average Bonchev–Trinajstić information content (AvgIpc) is 2.93. The van der Waals surface area contributed by atoms with Gasteiger partial charge in [-0.2, -0.15) is 0 Å². The lowest BCUT2D eigenvalue weighted by molar-refractivity contribution is 0.554. The molecule has 20 heavy (non-hydrogen) atoms. The van der Waals surface area contributed by atoms with Gasteiger partial charge >= 0.3 is 0 Å². The van der Waals surface area contributed by atoms with Crippen LogP contribution in [0.4, 0.5) is 0 Å². The van der Waals surface area contributed by atoms with Crippen molar-refractivity contribution in [3.05, 3.63) is 29.8 Å². The van der Waals surface area contributed by atoms with E-state index in [9.17, 15) is 8.42 Å². The Kier molecular flexibility index (Phi) is 4.23. The number of benzene rings is 1. The van der Waals surface area contributed by atoms with Gasteiger partial charge in [0, 0.05) is 18.6 Å². The molecule has 0 amide bonds. The maximum Gasteiger partial charge on any atom is 0.240 e. The van der Waals surface area contributed by atoms with Crippen molar-refractivity contribution in [2.75, 3.05) is 0 Å². The van der Waals surface area contributed by atoms with Crippen LogP contribution in [-0.4, -0.2) is 20.5 Å². The quantitative estimate of drug-likeness (QED) is 0.846. The predicted octanol–water partition coefficient (Wildman–Crippen LogP) is 2.26. The van der Waals surface area contributed by atoms with E-state index in [-0.39, 0.29) is 11.5 Å². The van der Waals surface area contributed by atoms with Crippen molar-refractivity contribution in [1.29, 1.82) is 0 Å². The summed E-state index contributed by atoms with van der Waals surface area (Å²) in [5.41, 5.74) is 1.18. The van der Waals surface area contributed by atoms with E-state index in [0.717, 1.165) is 18.5 Å². The molecule has 2 N–H and O–H groups in total. The molecule has 1 aromatic rings. The molecule has 4 nitrogen and oxygen atoms in total. The van der Waals surface area contributed by atoms with Gasteiger partial charge in [0.05, 0.1) is 4.90 Å². The van der Waals surface area contributed by atoms with Gasteiger partial charge in [-0.1, -0.05) is 39.8 Å². The molecule has 0 aromatic heterocycles. The molecule has 0 radical (unpaired) electrons. The molecule has 5 heteroatoms. The van der Waals surface area contributed by atoms with Crippen LogP contribution in [0.15, 0.2) is 29.2 Å². The Balaban J connectivity index is 2.02. The minimum Gasteiger partial charge on any atom is -0.310 e. The first-order valence-corrected chi connectivity index (χ1v) is 8.54.